The monoisotopic (exact) mass is 216 g/mol. The van der Waals surface area contributed by atoms with Crippen LogP contribution in [0.1, 0.15) is 34.7 Å². The predicted octanol–water partition coefficient (Wildman–Crippen LogP) is 0.815. The van der Waals surface area contributed by atoms with Gasteiger partial charge in [0.05, 0.1) is 5.56 Å². The van der Waals surface area contributed by atoms with E-state index in [4.69, 9.17) is 5.84 Å². The van der Waals surface area contributed by atoms with E-state index in [1.807, 2.05) is 16.7 Å². The molecule has 0 bridgehead atoms. The largest absolute Gasteiger partial charge is 0.306 e. The van der Waals surface area contributed by atoms with Gasteiger partial charge in [-0.25, -0.2) is 10.8 Å². The van der Waals surface area contributed by atoms with Gasteiger partial charge in [0.2, 0.25) is 0 Å². The molecule has 2 aromatic rings. The fraction of sp³-hybridized carbons (Fsp3) is 0.273. The van der Waals surface area contributed by atoms with E-state index in [1.165, 1.54) is 12.8 Å². The van der Waals surface area contributed by atoms with Crippen molar-refractivity contribution in [3.05, 3.63) is 35.8 Å². The molecule has 3 N–H and O–H groups in total. The Morgan fingerprint density at radius 1 is 1.56 bits per heavy atom. The predicted molar refractivity (Wildman–Crippen MR) is 58.8 cm³/mol. The molecule has 2 aromatic heterocycles. The molecule has 0 unspecified atom stereocenters. The first-order valence-electron chi connectivity index (χ1n) is 5.27. The minimum absolute atomic E-state index is 0.266. The Bertz CT molecular complexity index is 556. The highest BCUT2D eigenvalue weighted by Crippen LogP contribution is 2.41. The summed E-state index contributed by atoms with van der Waals surface area (Å²) < 4.78 is 1.87. The third-order valence-electron chi connectivity index (χ3n) is 2.93. The van der Waals surface area contributed by atoms with Crippen molar-refractivity contribution in [3.63, 3.8) is 0 Å². The maximum Gasteiger partial charge on any atom is 0.266 e. The van der Waals surface area contributed by atoms with Crippen molar-refractivity contribution in [2.45, 2.75) is 18.8 Å². The Balaban J connectivity index is 2.20. The lowest BCUT2D eigenvalue weighted by molar-refractivity contribution is 0.0953. The van der Waals surface area contributed by atoms with Gasteiger partial charge in [0.25, 0.3) is 5.91 Å². The zero-order valence-corrected chi connectivity index (χ0v) is 8.68. The molecule has 0 spiro atoms. The van der Waals surface area contributed by atoms with Crippen LogP contribution in [-0.2, 0) is 0 Å². The summed E-state index contributed by atoms with van der Waals surface area (Å²) in [5.74, 6) is 5.43. The van der Waals surface area contributed by atoms with Gasteiger partial charge in [-0.1, -0.05) is 0 Å². The highest BCUT2D eigenvalue weighted by atomic mass is 16.2. The van der Waals surface area contributed by atoms with Crippen LogP contribution >= 0.6 is 0 Å². The van der Waals surface area contributed by atoms with Crippen LogP contribution in [0.5, 0.6) is 0 Å². The minimum atomic E-state index is -0.266. The van der Waals surface area contributed by atoms with Crippen molar-refractivity contribution in [1.29, 1.82) is 0 Å². The van der Waals surface area contributed by atoms with Gasteiger partial charge in [-0.3, -0.25) is 10.2 Å². The molecule has 82 valence electrons. The summed E-state index contributed by atoms with van der Waals surface area (Å²) in [7, 11) is 0. The molecule has 1 fully saturated rings. The number of imidazole rings is 1. The van der Waals surface area contributed by atoms with Crippen molar-refractivity contribution < 1.29 is 4.79 Å². The van der Waals surface area contributed by atoms with Crippen molar-refractivity contribution >= 4 is 11.6 Å². The molecular formula is C11H12N4O. The minimum Gasteiger partial charge on any atom is -0.306 e. The van der Waals surface area contributed by atoms with E-state index < -0.39 is 0 Å². The van der Waals surface area contributed by atoms with Gasteiger partial charge >= 0.3 is 0 Å². The smallest absolute Gasteiger partial charge is 0.266 e. The summed E-state index contributed by atoms with van der Waals surface area (Å²) in [6.45, 7) is 0. The number of carbonyl (C=O) groups excluding carboxylic acids is 1. The van der Waals surface area contributed by atoms with Crippen LogP contribution in [0.15, 0.2) is 24.7 Å². The fourth-order valence-electron chi connectivity index (χ4n) is 1.96. The van der Waals surface area contributed by atoms with Gasteiger partial charge in [-0.05, 0) is 30.4 Å². The zero-order chi connectivity index (χ0) is 11.1. The Morgan fingerprint density at radius 3 is 3.06 bits per heavy atom. The van der Waals surface area contributed by atoms with Gasteiger partial charge in [0, 0.05) is 18.6 Å². The lowest BCUT2D eigenvalue weighted by atomic mass is 10.1. The number of nitrogens with zero attached hydrogens (tertiary/aromatic N) is 2. The third kappa shape index (κ3) is 1.37. The van der Waals surface area contributed by atoms with Crippen LogP contribution in [0.3, 0.4) is 0 Å². The van der Waals surface area contributed by atoms with Gasteiger partial charge < -0.3 is 4.40 Å². The van der Waals surface area contributed by atoms with Crippen LogP contribution in [0.2, 0.25) is 0 Å². The molecule has 0 aliphatic heterocycles. The van der Waals surface area contributed by atoms with Gasteiger partial charge in [-0.2, -0.15) is 0 Å². The second-order valence-electron chi connectivity index (χ2n) is 4.09. The highest BCUT2D eigenvalue weighted by Gasteiger charge is 2.27. The molecule has 1 aliphatic carbocycles. The Labute approximate surface area is 92.2 Å². The van der Waals surface area contributed by atoms with E-state index in [2.05, 4.69) is 10.4 Å². The number of carbonyl (C=O) groups is 1. The summed E-state index contributed by atoms with van der Waals surface area (Å²) in [6.07, 6.45) is 7.68. The molecule has 0 aromatic carbocycles. The number of hydrogen-bond acceptors (Lipinski definition) is 3. The van der Waals surface area contributed by atoms with Crippen molar-refractivity contribution in [2.75, 3.05) is 0 Å². The summed E-state index contributed by atoms with van der Waals surface area (Å²) in [5.41, 5.74) is 4.82. The number of pyridine rings is 1. The van der Waals surface area contributed by atoms with Crippen LogP contribution in [0, 0.1) is 0 Å². The number of aromatic nitrogens is 2. The summed E-state index contributed by atoms with van der Waals surface area (Å²) in [4.78, 5) is 15.8. The number of nitrogens with one attached hydrogen (secondary N) is 1. The number of nitrogen functional groups attached to an aromatic ring is 1. The molecule has 1 amide bonds. The quantitative estimate of drug-likeness (QED) is 0.443. The topological polar surface area (TPSA) is 72.4 Å². The van der Waals surface area contributed by atoms with E-state index in [0.717, 1.165) is 11.2 Å². The maximum atomic E-state index is 11.5. The fourth-order valence-corrected chi connectivity index (χ4v) is 1.96. The molecular weight excluding hydrogens is 204 g/mol. The van der Waals surface area contributed by atoms with Crippen LogP contribution in [0.4, 0.5) is 0 Å². The van der Waals surface area contributed by atoms with E-state index in [9.17, 15) is 4.79 Å². The number of hydrogen-bond donors (Lipinski definition) is 2. The summed E-state index contributed by atoms with van der Waals surface area (Å²) >= 11 is 0. The van der Waals surface area contributed by atoms with Gasteiger partial charge in [0.1, 0.15) is 5.65 Å². The van der Waals surface area contributed by atoms with Gasteiger partial charge in [-0.15, -0.1) is 0 Å². The second-order valence-corrected chi connectivity index (χ2v) is 4.09. The molecule has 2 heterocycles. The molecule has 1 saturated carbocycles. The van der Waals surface area contributed by atoms with Gasteiger partial charge in [0.15, 0.2) is 0 Å². The maximum absolute atomic E-state index is 11.5. The van der Waals surface area contributed by atoms with E-state index in [0.29, 0.717) is 11.5 Å². The lowest BCUT2D eigenvalue weighted by Crippen LogP contribution is -2.30. The first-order chi connectivity index (χ1) is 7.79. The van der Waals surface area contributed by atoms with E-state index >= 15 is 0 Å². The number of hydrazine groups is 1. The lowest BCUT2D eigenvalue weighted by Gasteiger charge is -2.06. The SMILES string of the molecule is NNC(=O)c1cc(C2CC2)c2nccn2c1. The van der Waals surface area contributed by atoms with Crippen molar-refractivity contribution in [3.8, 4) is 0 Å². The highest BCUT2D eigenvalue weighted by molar-refractivity contribution is 5.94. The average molecular weight is 216 g/mol. The van der Waals surface area contributed by atoms with Crippen LogP contribution in [0.25, 0.3) is 5.65 Å². The Kier molecular flexibility index (Phi) is 1.94. The average Bonchev–Trinajstić information content (AvgIpc) is 3.04. The number of amides is 1. The van der Waals surface area contributed by atoms with E-state index in [1.54, 1.807) is 12.4 Å². The Hall–Kier alpha value is -1.88. The molecule has 0 saturated heterocycles. The first-order valence-corrected chi connectivity index (χ1v) is 5.27. The molecule has 3 rings (SSSR count). The zero-order valence-electron chi connectivity index (χ0n) is 8.68. The third-order valence-corrected chi connectivity index (χ3v) is 2.93. The molecule has 5 heteroatoms. The Morgan fingerprint density at radius 2 is 2.38 bits per heavy atom. The van der Waals surface area contributed by atoms with Crippen LogP contribution < -0.4 is 11.3 Å². The molecule has 0 atom stereocenters. The van der Waals surface area contributed by atoms with Crippen molar-refractivity contribution in [2.24, 2.45) is 5.84 Å². The normalized spacial score (nSPS) is 15.3. The standard InChI is InChI=1S/C11H12N4O/c12-14-11(16)8-5-9(7-1-2-7)10-13-3-4-15(10)6-8/h3-7H,1-2,12H2,(H,14,16). The number of nitrogens with two attached hydrogens (primary N) is 1. The molecule has 0 radical (unpaired) electrons. The number of rotatable bonds is 2. The summed E-state index contributed by atoms with van der Waals surface area (Å²) in [6, 6.07) is 1.89. The van der Waals surface area contributed by atoms with Crippen molar-refractivity contribution in [1.82, 2.24) is 14.8 Å². The number of fused-ring (bicyclic) bond motifs is 1. The summed E-state index contributed by atoms with van der Waals surface area (Å²) in [5, 5.41) is 0. The first kappa shape index (κ1) is 9.35. The molecule has 1 aliphatic rings. The second kappa shape index (κ2) is 3.31. The molecule has 5 nitrogen and oxygen atoms in total. The van der Waals surface area contributed by atoms with E-state index in [-0.39, 0.29) is 5.91 Å². The molecule has 16 heavy (non-hydrogen) atoms. The van der Waals surface area contributed by atoms with Crippen LogP contribution in [-0.4, -0.2) is 15.3 Å².